The number of phenols is 1. The van der Waals surface area contributed by atoms with Gasteiger partial charge in [-0.25, -0.2) is 0 Å². The third-order valence-corrected chi connectivity index (χ3v) is 3.58. The van der Waals surface area contributed by atoms with Gasteiger partial charge in [-0.05, 0) is 37.4 Å². The van der Waals surface area contributed by atoms with E-state index in [-0.39, 0.29) is 11.7 Å². The molecule has 1 aliphatic rings. The molecule has 5 heteroatoms. The molecule has 1 fully saturated rings. The Morgan fingerprint density at radius 1 is 1.58 bits per heavy atom. The zero-order chi connectivity index (χ0) is 13.8. The molecule has 5 nitrogen and oxygen atoms in total. The maximum atomic E-state index is 12.3. The van der Waals surface area contributed by atoms with Gasteiger partial charge in [-0.15, -0.1) is 0 Å². The molecule has 2 rings (SSSR count). The average Bonchev–Trinajstić information content (AvgIpc) is 2.87. The van der Waals surface area contributed by atoms with Crippen molar-refractivity contribution in [2.45, 2.75) is 12.8 Å². The van der Waals surface area contributed by atoms with E-state index in [1.54, 1.807) is 17.0 Å². The molecule has 3 N–H and O–H groups in total. The van der Waals surface area contributed by atoms with Gasteiger partial charge in [0.15, 0.2) is 0 Å². The molecule has 1 aromatic rings. The number of amides is 1. The molecule has 1 aliphatic heterocycles. The van der Waals surface area contributed by atoms with Crippen LogP contribution in [0.3, 0.4) is 0 Å². The summed E-state index contributed by atoms with van der Waals surface area (Å²) in [6.45, 7) is 2.11. The predicted octanol–water partition coefficient (Wildman–Crippen LogP) is 1.21. The fraction of sp³-hybridized carbons (Fsp3) is 0.500. The van der Waals surface area contributed by atoms with Crippen molar-refractivity contribution >= 4 is 5.91 Å². The standard InChI is InChI=1S/C14H20N2O3/c1-19-11-2-3-12(13(17)8-11)14(18)16-7-5-10(9-16)4-6-15/h2-3,8,10,17H,4-7,9,15H2,1H3. The summed E-state index contributed by atoms with van der Waals surface area (Å²) in [6.07, 6.45) is 1.93. The Bertz CT molecular complexity index is 462. The van der Waals surface area contributed by atoms with Gasteiger partial charge in [0.2, 0.25) is 0 Å². The van der Waals surface area contributed by atoms with Crippen LogP contribution in [0.5, 0.6) is 11.5 Å². The molecule has 1 amide bonds. The number of carbonyl (C=O) groups is 1. The largest absolute Gasteiger partial charge is 0.507 e. The van der Waals surface area contributed by atoms with E-state index in [1.807, 2.05) is 0 Å². The summed E-state index contributed by atoms with van der Waals surface area (Å²) in [5.74, 6) is 0.858. The molecule has 0 bridgehead atoms. The number of rotatable bonds is 4. The van der Waals surface area contributed by atoms with E-state index in [4.69, 9.17) is 10.5 Å². The van der Waals surface area contributed by atoms with E-state index in [9.17, 15) is 9.90 Å². The third-order valence-electron chi connectivity index (χ3n) is 3.58. The lowest BCUT2D eigenvalue weighted by atomic mass is 10.1. The molecule has 1 saturated heterocycles. The molecule has 0 aliphatic carbocycles. The van der Waals surface area contributed by atoms with Gasteiger partial charge in [0.05, 0.1) is 12.7 Å². The molecule has 19 heavy (non-hydrogen) atoms. The summed E-state index contributed by atoms with van der Waals surface area (Å²) in [5.41, 5.74) is 5.87. The van der Waals surface area contributed by atoms with Crippen molar-refractivity contribution in [3.63, 3.8) is 0 Å². The van der Waals surface area contributed by atoms with Gasteiger partial charge in [0, 0.05) is 19.2 Å². The predicted molar refractivity (Wildman–Crippen MR) is 72.3 cm³/mol. The van der Waals surface area contributed by atoms with Gasteiger partial charge >= 0.3 is 0 Å². The minimum atomic E-state index is -0.125. The van der Waals surface area contributed by atoms with E-state index in [2.05, 4.69) is 0 Å². The summed E-state index contributed by atoms with van der Waals surface area (Å²) in [4.78, 5) is 14.1. The smallest absolute Gasteiger partial charge is 0.257 e. The second-order valence-corrected chi connectivity index (χ2v) is 4.87. The lowest BCUT2D eigenvalue weighted by Gasteiger charge is -2.17. The van der Waals surface area contributed by atoms with Crippen LogP contribution in [0.25, 0.3) is 0 Å². The number of ether oxygens (including phenoxy) is 1. The van der Waals surface area contributed by atoms with Crippen molar-refractivity contribution in [1.29, 1.82) is 0 Å². The first kappa shape index (κ1) is 13.7. The Morgan fingerprint density at radius 3 is 3.00 bits per heavy atom. The molecule has 1 atom stereocenters. The second-order valence-electron chi connectivity index (χ2n) is 4.87. The minimum absolute atomic E-state index is 0.0355. The van der Waals surface area contributed by atoms with Crippen molar-refractivity contribution in [3.8, 4) is 11.5 Å². The number of carbonyl (C=O) groups excluding carboxylic acids is 1. The number of nitrogens with two attached hydrogens (primary N) is 1. The highest BCUT2D eigenvalue weighted by atomic mass is 16.5. The van der Waals surface area contributed by atoms with Crippen LogP contribution in [-0.4, -0.2) is 42.7 Å². The van der Waals surface area contributed by atoms with Crippen molar-refractivity contribution in [1.82, 2.24) is 4.90 Å². The lowest BCUT2D eigenvalue weighted by Crippen LogP contribution is -2.29. The number of methoxy groups -OCH3 is 1. The number of benzene rings is 1. The summed E-state index contributed by atoms with van der Waals surface area (Å²) in [7, 11) is 1.52. The van der Waals surface area contributed by atoms with E-state index in [1.165, 1.54) is 13.2 Å². The highest BCUT2D eigenvalue weighted by Gasteiger charge is 2.27. The Kier molecular flexibility index (Phi) is 4.27. The fourth-order valence-corrected chi connectivity index (χ4v) is 2.48. The summed E-state index contributed by atoms with van der Waals surface area (Å²) >= 11 is 0. The van der Waals surface area contributed by atoms with E-state index in [0.29, 0.717) is 23.8 Å². The van der Waals surface area contributed by atoms with Gasteiger partial charge in [0.25, 0.3) is 5.91 Å². The topological polar surface area (TPSA) is 75.8 Å². The molecule has 0 spiro atoms. The molecule has 1 unspecified atom stereocenters. The minimum Gasteiger partial charge on any atom is -0.507 e. The second kappa shape index (κ2) is 5.93. The number of aromatic hydroxyl groups is 1. The summed E-state index contributed by atoms with van der Waals surface area (Å²) < 4.78 is 5.01. The van der Waals surface area contributed by atoms with Crippen LogP contribution in [0.1, 0.15) is 23.2 Å². The third kappa shape index (κ3) is 2.98. The monoisotopic (exact) mass is 264 g/mol. The number of hydrogen-bond acceptors (Lipinski definition) is 4. The Labute approximate surface area is 113 Å². The van der Waals surface area contributed by atoms with Crippen LogP contribution in [0.2, 0.25) is 0 Å². The molecule has 0 aromatic heterocycles. The van der Waals surface area contributed by atoms with Crippen LogP contribution in [-0.2, 0) is 0 Å². The molecule has 1 aromatic carbocycles. The van der Waals surface area contributed by atoms with Crippen molar-refractivity contribution in [3.05, 3.63) is 23.8 Å². The Hall–Kier alpha value is -1.75. The van der Waals surface area contributed by atoms with Gasteiger partial charge in [-0.3, -0.25) is 4.79 Å². The molecule has 104 valence electrons. The van der Waals surface area contributed by atoms with E-state index >= 15 is 0 Å². The molecular weight excluding hydrogens is 244 g/mol. The lowest BCUT2D eigenvalue weighted by molar-refractivity contribution is 0.0783. The van der Waals surface area contributed by atoms with E-state index < -0.39 is 0 Å². The number of phenolic OH excluding ortho intramolecular Hbond substituents is 1. The fourth-order valence-electron chi connectivity index (χ4n) is 2.48. The first-order valence-corrected chi connectivity index (χ1v) is 6.52. The molecule has 0 saturated carbocycles. The van der Waals surface area contributed by atoms with Gasteiger partial charge in [-0.2, -0.15) is 0 Å². The Balaban J connectivity index is 2.08. The van der Waals surface area contributed by atoms with E-state index in [0.717, 1.165) is 25.9 Å². The first-order chi connectivity index (χ1) is 9.15. The van der Waals surface area contributed by atoms with Crippen LogP contribution >= 0.6 is 0 Å². The van der Waals surface area contributed by atoms with Crippen molar-refractivity contribution < 1.29 is 14.6 Å². The maximum Gasteiger partial charge on any atom is 0.257 e. The summed E-state index contributed by atoms with van der Waals surface area (Å²) in [5, 5.41) is 9.87. The highest BCUT2D eigenvalue weighted by Crippen LogP contribution is 2.27. The molecular formula is C14H20N2O3. The van der Waals surface area contributed by atoms with Crippen LogP contribution in [0.15, 0.2) is 18.2 Å². The highest BCUT2D eigenvalue weighted by molar-refractivity contribution is 5.97. The van der Waals surface area contributed by atoms with Gasteiger partial charge < -0.3 is 20.5 Å². The van der Waals surface area contributed by atoms with Crippen LogP contribution in [0.4, 0.5) is 0 Å². The van der Waals surface area contributed by atoms with Gasteiger partial charge in [-0.1, -0.05) is 0 Å². The Morgan fingerprint density at radius 2 is 2.37 bits per heavy atom. The van der Waals surface area contributed by atoms with Crippen LogP contribution in [0, 0.1) is 5.92 Å². The normalized spacial score (nSPS) is 18.6. The molecule has 0 radical (unpaired) electrons. The van der Waals surface area contributed by atoms with Gasteiger partial charge in [0.1, 0.15) is 11.5 Å². The SMILES string of the molecule is COc1ccc(C(=O)N2CCC(CCN)C2)c(O)c1. The summed E-state index contributed by atoms with van der Waals surface area (Å²) in [6, 6.07) is 4.74. The molecule has 1 heterocycles. The number of likely N-dealkylation sites (tertiary alicyclic amines) is 1. The zero-order valence-corrected chi connectivity index (χ0v) is 11.1. The first-order valence-electron chi connectivity index (χ1n) is 6.52. The average molecular weight is 264 g/mol. The van der Waals surface area contributed by atoms with Crippen molar-refractivity contribution in [2.75, 3.05) is 26.7 Å². The maximum absolute atomic E-state index is 12.3. The van der Waals surface area contributed by atoms with Crippen LogP contribution < -0.4 is 10.5 Å². The quantitative estimate of drug-likeness (QED) is 0.857. The van der Waals surface area contributed by atoms with Crippen molar-refractivity contribution in [2.24, 2.45) is 11.7 Å². The zero-order valence-electron chi connectivity index (χ0n) is 11.1. The number of hydrogen-bond donors (Lipinski definition) is 2. The number of nitrogens with zero attached hydrogens (tertiary/aromatic N) is 1.